The predicted molar refractivity (Wildman–Crippen MR) is 90.6 cm³/mol. The van der Waals surface area contributed by atoms with E-state index < -0.39 is 11.6 Å². The first-order valence-electron chi connectivity index (χ1n) is 8.12. The fourth-order valence-corrected chi connectivity index (χ4v) is 2.67. The Kier molecular flexibility index (Phi) is 6.55. The van der Waals surface area contributed by atoms with Gasteiger partial charge < -0.3 is 15.2 Å². The van der Waals surface area contributed by atoms with Gasteiger partial charge in [-0.15, -0.1) is 0 Å². The van der Waals surface area contributed by atoms with Gasteiger partial charge in [-0.3, -0.25) is 0 Å². The van der Waals surface area contributed by atoms with Crippen LogP contribution in [0.25, 0.3) is 0 Å². The Bertz CT molecular complexity index is 676. The molecule has 0 aliphatic heterocycles. The quantitative estimate of drug-likeness (QED) is 0.791. The van der Waals surface area contributed by atoms with Crippen LogP contribution in [0.3, 0.4) is 0 Å². The summed E-state index contributed by atoms with van der Waals surface area (Å²) in [5.74, 6) is -0.00780. The molecular formula is C19H23F2NO2. The van der Waals surface area contributed by atoms with Gasteiger partial charge in [0.2, 0.25) is 0 Å². The van der Waals surface area contributed by atoms with Crippen molar-refractivity contribution in [1.29, 1.82) is 0 Å². The van der Waals surface area contributed by atoms with Crippen LogP contribution in [0, 0.1) is 11.6 Å². The van der Waals surface area contributed by atoms with E-state index in [4.69, 9.17) is 15.2 Å². The van der Waals surface area contributed by atoms with Gasteiger partial charge in [0.15, 0.2) is 0 Å². The second-order valence-corrected chi connectivity index (χ2v) is 5.44. The van der Waals surface area contributed by atoms with E-state index in [0.29, 0.717) is 30.9 Å². The summed E-state index contributed by atoms with van der Waals surface area (Å²) in [5.41, 5.74) is 7.16. The van der Waals surface area contributed by atoms with Crippen molar-refractivity contribution < 1.29 is 18.3 Å². The van der Waals surface area contributed by atoms with Crippen molar-refractivity contribution in [3.8, 4) is 11.5 Å². The lowest BCUT2D eigenvalue weighted by atomic mass is 9.91. The molecule has 0 saturated carbocycles. The number of hydrogen-bond donors (Lipinski definition) is 1. The topological polar surface area (TPSA) is 44.5 Å². The molecule has 2 aromatic rings. The van der Waals surface area contributed by atoms with Gasteiger partial charge in [0.05, 0.1) is 13.2 Å². The maximum atomic E-state index is 14.1. The fourth-order valence-electron chi connectivity index (χ4n) is 2.67. The third-order valence-electron chi connectivity index (χ3n) is 3.80. The first-order chi connectivity index (χ1) is 11.6. The minimum Gasteiger partial charge on any atom is -0.494 e. The summed E-state index contributed by atoms with van der Waals surface area (Å²) in [7, 11) is 0. The Morgan fingerprint density at radius 1 is 1.00 bits per heavy atom. The second-order valence-electron chi connectivity index (χ2n) is 5.44. The molecule has 2 N–H and O–H groups in total. The molecular weight excluding hydrogens is 312 g/mol. The Balaban J connectivity index is 2.29. The summed E-state index contributed by atoms with van der Waals surface area (Å²) >= 11 is 0. The van der Waals surface area contributed by atoms with E-state index in [9.17, 15) is 8.78 Å². The largest absolute Gasteiger partial charge is 0.494 e. The molecule has 0 radical (unpaired) electrons. The molecule has 2 aromatic carbocycles. The number of rotatable bonds is 8. The van der Waals surface area contributed by atoms with Crippen molar-refractivity contribution in [1.82, 2.24) is 0 Å². The minimum absolute atomic E-state index is 0.251. The zero-order valence-electron chi connectivity index (χ0n) is 14.0. The summed E-state index contributed by atoms with van der Waals surface area (Å²) in [6, 6.07) is 9.19. The standard InChI is InChI=1S/C19H23F2NO2/c1-3-23-16-7-5-13(19(11-16)24-4-2)9-14(12-22)17-8-6-15(20)10-18(17)21/h5-8,10-11,14H,3-4,9,12,22H2,1-2H3. The first kappa shape index (κ1) is 18.2. The second kappa shape index (κ2) is 8.64. The van der Waals surface area contributed by atoms with Crippen molar-refractivity contribution in [2.24, 2.45) is 5.73 Å². The number of ether oxygens (including phenoxy) is 2. The molecule has 0 amide bonds. The number of halogens is 2. The molecule has 24 heavy (non-hydrogen) atoms. The molecule has 2 rings (SSSR count). The van der Waals surface area contributed by atoms with Crippen LogP contribution in [0.15, 0.2) is 36.4 Å². The van der Waals surface area contributed by atoms with E-state index in [1.807, 2.05) is 32.0 Å². The lowest BCUT2D eigenvalue weighted by Crippen LogP contribution is -2.17. The van der Waals surface area contributed by atoms with Gasteiger partial charge in [0.25, 0.3) is 0 Å². The van der Waals surface area contributed by atoms with Crippen molar-refractivity contribution in [2.75, 3.05) is 19.8 Å². The zero-order valence-corrected chi connectivity index (χ0v) is 14.0. The average Bonchev–Trinajstić information content (AvgIpc) is 2.55. The summed E-state index contributed by atoms with van der Waals surface area (Å²) < 4.78 is 38.3. The molecule has 1 atom stereocenters. The lowest BCUT2D eigenvalue weighted by molar-refractivity contribution is 0.320. The van der Waals surface area contributed by atoms with Crippen molar-refractivity contribution >= 4 is 0 Å². The Labute approximate surface area is 141 Å². The molecule has 130 valence electrons. The maximum absolute atomic E-state index is 14.1. The highest BCUT2D eigenvalue weighted by molar-refractivity contribution is 5.42. The third-order valence-corrected chi connectivity index (χ3v) is 3.80. The minimum atomic E-state index is -0.594. The van der Waals surface area contributed by atoms with Gasteiger partial charge in [-0.25, -0.2) is 8.78 Å². The van der Waals surface area contributed by atoms with Gasteiger partial charge >= 0.3 is 0 Å². The summed E-state index contributed by atoms with van der Waals surface area (Å²) in [5, 5.41) is 0. The average molecular weight is 335 g/mol. The van der Waals surface area contributed by atoms with Crippen LogP contribution in [0.5, 0.6) is 11.5 Å². The number of hydrogen-bond acceptors (Lipinski definition) is 3. The first-order valence-corrected chi connectivity index (χ1v) is 8.12. The van der Waals surface area contributed by atoms with Gasteiger partial charge in [-0.1, -0.05) is 12.1 Å². The Morgan fingerprint density at radius 2 is 1.75 bits per heavy atom. The van der Waals surface area contributed by atoms with Crippen molar-refractivity contribution in [3.63, 3.8) is 0 Å². The number of benzene rings is 2. The highest BCUT2D eigenvalue weighted by atomic mass is 19.1. The third kappa shape index (κ3) is 4.45. The van der Waals surface area contributed by atoms with E-state index >= 15 is 0 Å². The molecule has 0 spiro atoms. The Morgan fingerprint density at radius 3 is 2.38 bits per heavy atom. The summed E-state index contributed by atoms with van der Waals surface area (Å²) in [6.45, 7) is 5.15. The molecule has 0 aliphatic carbocycles. The van der Waals surface area contributed by atoms with Crippen LogP contribution < -0.4 is 15.2 Å². The van der Waals surface area contributed by atoms with Crippen LogP contribution in [-0.4, -0.2) is 19.8 Å². The molecule has 0 heterocycles. The maximum Gasteiger partial charge on any atom is 0.129 e. The van der Waals surface area contributed by atoms with Gasteiger partial charge in [-0.2, -0.15) is 0 Å². The summed E-state index contributed by atoms with van der Waals surface area (Å²) in [6.07, 6.45) is 0.501. The lowest BCUT2D eigenvalue weighted by Gasteiger charge is -2.19. The molecule has 0 aliphatic rings. The highest BCUT2D eigenvalue weighted by Crippen LogP contribution is 2.31. The summed E-state index contributed by atoms with van der Waals surface area (Å²) in [4.78, 5) is 0. The predicted octanol–water partition coefficient (Wildman–Crippen LogP) is 4.05. The van der Waals surface area contributed by atoms with Crippen molar-refractivity contribution in [3.05, 3.63) is 59.2 Å². The van der Waals surface area contributed by atoms with Crippen LogP contribution in [0.2, 0.25) is 0 Å². The molecule has 0 saturated heterocycles. The van der Waals surface area contributed by atoms with Gasteiger partial charge in [0.1, 0.15) is 23.1 Å². The SMILES string of the molecule is CCOc1ccc(CC(CN)c2ccc(F)cc2F)c(OCC)c1. The van der Waals surface area contributed by atoms with E-state index in [0.717, 1.165) is 17.4 Å². The zero-order chi connectivity index (χ0) is 17.5. The van der Waals surface area contributed by atoms with E-state index in [-0.39, 0.29) is 12.5 Å². The van der Waals surface area contributed by atoms with E-state index in [1.165, 1.54) is 12.1 Å². The van der Waals surface area contributed by atoms with Crippen molar-refractivity contribution in [2.45, 2.75) is 26.2 Å². The van der Waals surface area contributed by atoms with E-state index in [2.05, 4.69) is 0 Å². The normalized spacial score (nSPS) is 12.0. The van der Waals surface area contributed by atoms with Crippen LogP contribution in [-0.2, 0) is 6.42 Å². The Hall–Kier alpha value is -2.14. The molecule has 0 bridgehead atoms. The molecule has 3 nitrogen and oxygen atoms in total. The van der Waals surface area contributed by atoms with Crippen LogP contribution in [0.4, 0.5) is 8.78 Å². The fraction of sp³-hybridized carbons (Fsp3) is 0.368. The monoisotopic (exact) mass is 335 g/mol. The number of nitrogens with two attached hydrogens (primary N) is 1. The highest BCUT2D eigenvalue weighted by Gasteiger charge is 2.18. The molecule has 1 unspecified atom stereocenters. The molecule has 5 heteroatoms. The smallest absolute Gasteiger partial charge is 0.129 e. The molecule has 0 aromatic heterocycles. The van der Waals surface area contributed by atoms with E-state index in [1.54, 1.807) is 0 Å². The van der Waals surface area contributed by atoms with Crippen LogP contribution in [0.1, 0.15) is 30.9 Å². The van der Waals surface area contributed by atoms with Gasteiger partial charge in [-0.05, 0) is 50.1 Å². The van der Waals surface area contributed by atoms with Gasteiger partial charge in [0, 0.05) is 18.1 Å². The molecule has 0 fully saturated rings. The van der Waals surface area contributed by atoms with Crippen LogP contribution >= 0.6 is 0 Å².